The van der Waals surface area contributed by atoms with Crippen LogP contribution < -0.4 is 10.1 Å². The molecule has 7 heteroatoms. The Morgan fingerprint density at radius 3 is 2.67 bits per heavy atom. The summed E-state index contributed by atoms with van der Waals surface area (Å²) in [5, 5.41) is 13.5. The number of rotatable bonds is 6. The summed E-state index contributed by atoms with van der Waals surface area (Å²) in [5.41, 5.74) is 2.16. The van der Waals surface area contributed by atoms with Gasteiger partial charge in [-0.25, -0.2) is 0 Å². The number of methoxy groups -OCH3 is 1. The highest BCUT2D eigenvalue weighted by Gasteiger charge is 2.14. The molecule has 1 amide bonds. The number of nitrogens with one attached hydrogen (secondary N) is 1. The molecule has 0 heterocycles. The standard InChI is InChI=1S/C17H17ClN2O4/c1-11-3-6-16(24-2)12(9-11)7-8-19-17(21)14-5-4-13(20(22)23)10-15(14)18/h3-6,9-10H,7-8H2,1-2H3,(H,19,21). The van der Waals surface area contributed by atoms with Crippen LogP contribution in [0.4, 0.5) is 5.69 Å². The van der Waals surface area contributed by atoms with Crippen molar-refractivity contribution in [3.8, 4) is 5.75 Å². The zero-order chi connectivity index (χ0) is 17.7. The first-order valence-corrected chi connectivity index (χ1v) is 7.66. The molecule has 0 fully saturated rings. The molecule has 0 aliphatic heterocycles. The minimum absolute atomic E-state index is 0.0508. The largest absolute Gasteiger partial charge is 0.496 e. The molecule has 0 unspecified atom stereocenters. The number of nitrogens with zero attached hydrogens (tertiary/aromatic N) is 1. The highest BCUT2D eigenvalue weighted by Crippen LogP contribution is 2.23. The van der Waals surface area contributed by atoms with Crippen molar-refractivity contribution in [3.63, 3.8) is 0 Å². The summed E-state index contributed by atoms with van der Waals surface area (Å²) in [4.78, 5) is 22.3. The van der Waals surface area contributed by atoms with Gasteiger partial charge in [0.05, 0.1) is 22.6 Å². The number of aryl methyl sites for hydroxylation is 1. The van der Waals surface area contributed by atoms with Gasteiger partial charge >= 0.3 is 0 Å². The molecule has 0 saturated heterocycles. The molecule has 0 saturated carbocycles. The predicted molar refractivity (Wildman–Crippen MR) is 91.9 cm³/mol. The second-order valence-corrected chi connectivity index (χ2v) is 5.65. The van der Waals surface area contributed by atoms with Crippen molar-refractivity contribution >= 4 is 23.2 Å². The van der Waals surface area contributed by atoms with Crippen LogP contribution >= 0.6 is 11.6 Å². The van der Waals surface area contributed by atoms with E-state index in [-0.39, 0.29) is 22.2 Å². The average molecular weight is 349 g/mol. The lowest BCUT2D eigenvalue weighted by molar-refractivity contribution is -0.384. The number of nitro benzene ring substituents is 1. The van der Waals surface area contributed by atoms with E-state index >= 15 is 0 Å². The van der Waals surface area contributed by atoms with Crippen LogP contribution in [0.2, 0.25) is 5.02 Å². The van der Waals surface area contributed by atoms with E-state index in [1.54, 1.807) is 7.11 Å². The van der Waals surface area contributed by atoms with Gasteiger partial charge in [0.1, 0.15) is 5.75 Å². The van der Waals surface area contributed by atoms with Gasteiger partial charge in [0.2, 0.25) is 0 Å². The highest BCUT2D eigenvalue weighted by atomic mass is 35.5. The van der Waals surface area contributed by atoms with Gasteiger partial charge in [0, 0.05) is 18.7 Å². The van der Waals surface area contributed by atoms with E-state index < -0.39 is 4.92 Å². The summed E-state index contributed by atoms with van der Waals surface area (Å²) >= 11 is 5.95. The fourth-order valence-electron chi connectivity index (χ4n) is 2.31. The van der Waals surface area contributed by atoms with Gasteiger partial charge in [-0.3, -0.25) is 14.9 Å². The van der Waals surface area contributed by atoms with Crippen molar-refractivity contribution in [2.24, 2.45) is 0 Å². The van der Waals surface area contributed by atoms with Crippen LogP contribution in [-0.2, 0) is 6.42 Å². The third kappa shape index (κ3) is 4.23. The van der Waals surface area contributed by atoms with Crippen molar-refractivity contribution in [2.45, 2.75) is 13.3 Å². The molecule has 0 spiro atoms. The van der Waals surface area contributed by atoms with Crippen LogP contribution in [-0.4, -0.2) is 24.5 Å². The summed E-state index contributed by atoms with van der Waals surface area (Å²) in [6, 6.07) is 9.62. The Morgan fingerprint density at radius 1 is 1.29 bits per heavy atom. The lowest BCUT2D eigenvalue weighted by Gasteiger charge is -2.11. The van der Waals surface area contributed by atoms with Gasteiger partial charge in [0.15, 0.2) is 0 Å². The Labute approximate surface area is 144 Å². The van der Waals surface area contributed by atoms with E-state index in [0.717, 1.165) is 16.9 Å². The van der Waals surface area contributed by atoms with E-state index in [9.17, 15) is 14.9 Å². The minimum atomic E-state index is -0.558. The summed E-state index contributed by atoms with van der Waals surface area (Å²) in [7, 11) is 1.60. The van der Waals surface area contributed by atoms with Crippen LogP contribution in [0.5, 0.6) is 5.75 Å². The Bertz CT molecular complexity index is 777. The molecule has 0 aliphatic rings. The smallest absolute Gasteiger partial charge is 0.270 e. The van der Waals surface area contributed by atoms with E-state index in [1.165, 1.54) is 18.2 Å². The van der Waals surface area contributed by atoms with Crippen molar-refractivity contribution < 1.29 is 14.5 Å². The Hall–Kier alpha value is -2.60. The molecule has 1 N–H and O–H groups in total. The molecule has 0 atom stereocenters. The number of halogens is 1. The Morgan fingerprint density at radius 2 is 2.04 bits per heavy atom. The fourth-order valence-corrected chi connectivity index (χ4v) is 2.57. The molecular formula is C17H17ClN2O4. The molecule has 0 radical (unpaired) electrons. The summed E-state index contributed by atoms with van der Waals surface area (Å²) in [5.74, 6) is 0.393. The molecule has 24 heavy (non-hydrogen) atoms. The van der Waals surface area contributed by atoms with E-state index in [4.69, 9.17) is 16.3 Å². The summed E-state index contributed by atoms with van der Waals surface area (Å²) in [6.07, 6.45) is 0.598. The maximum atomic E-state index is 12.2. The van der Waals surface area contributed by atoms with Crippen molar-refractivity contribution in [3.05, 3.63) is 68.2 Å². The van der Waals surface area contributed by atoms with Gasteiger partial charge < -0.3 is 10.1 Å². The molecule has 6 nitrogen and oxygen atoms in total. The van der Waals surface area contributed by atoms with Crippen LogP contribution in [0.25, 0.3) is 0 Å². The SMILES string of the molecule is COc1ccc(C)cc1CCNC(=O)c1ccc([N+](=O)[O-])cc1Cl. The number of hydrogen-bond acceptors (Lipinski definition) is 4. The molecule has 126 valence electrons. The quantitative estimate of drug-likeness (QED) is 0.639. The number of non-ortho nitro benzene ring substituents is 1. The van der Waals surface area contributed by atoms with E-state index in [0.29, 0.717) is 13.0 Å². The number of benzene rings is 2. The van der Waals surface area contributed by atoms with Crippen LogP contribution in [0.3, 0.4) is 0 Å². The van der Waals surface area contributed by atoms with Crippen LogP contribution in [0.15, 0.2) is 36.4 Å². The summed E-state index contributed by atoms with van der Waals surface area (Å²) in [6.45, 7) is 2.38. The van der Waals surface area contributed by atoms with Gasteiger partial charge in [-0.15, -0.1) is 0 Å². The zero-order valence-corrected chi connectivity index (χ0v) is 14.1. The average Bonchev–Trinajstić information content (AvgIpc) is 2.54. The molecular weight excluding hydrogens is 332 g/mol. The molecule has 2 aromatic rings. The first kappa shape index (κ1) is 17.7. The third-order valence-corrected chi connectivity index (χ3v) is 3.84. The van der Waals surface area contributed by atoms with Crippen LogP contribution in [0, 0.1) is 17.0 Å². The lowest BCUT2D eigenvalue weighted by Crippen LogP contribution is -2.26. The van der Waals surface area contributed by atoms with Crippen molar-refractivity contribution in [1.82, 2.24) is 5.32 Å². The number of nitro groups is 1. The second-order valence-electron chi connectivity index (χ2n) is 5.24. The van der Waals surface area contributed by atoms with E-state index in [2.05, 4.69) is 5.32 Å². The molecule has 0 aromatic heterocycles. The summed E-state index contributed by atoms with van der Waals surface area (Å²) < 4.78 is 5.30. The first-order chi connectivity index (χ1) is 11.4. The van der Waals surface area contributed by atoms with Gasteiger partial charge in [-0.05, 0) is 31.0 Å². The third-order valence-electron chi connectivity index (χ3n) is 3.52. The van der Waals surface area contributed by atoms with Crippen LogP contribution in [0.1, 0.15) is 21.5 Å². The maximum Gasteiger partial charge on any atom is 0.270 e. The number of amides is 1. The Balaban J connectivity index is 2.01. The topological polar surface area (TPSA) is 81.5 Å². The number of carbonyl (C=O) groups excluding carboxylic acids is 1. The molecule has 0 aliphatic carbocycles. The Kier molecular flexibility index (Phi) is 5.76. The first-order valence-electron chi connectivity index (χ1n) is 7.28. The molecule has 0 bridgehead atoms. The fraction of sp³-hybridized carbons (Fsp3) is 0.235. The molecule has 2 aromatic carbocycles. The number of ether oxygens (including phenoxy) is 1. The normalized spacial score (nSPS) is 10.3. The van der Waals surface area contributed by atoms with Gasteiger partial charge in [-0.1, -0.05) is 29.3 Å². The minimum Gasteiger partial charge on any atom is -0.496 e. The van der Waals surface area contributed by atoms with E-state index in [1.807, 2.05) is 25.1 Å². The maximum absolute atomic E-state index is 12.2. The lowest BCUT2D eigenvalue weighted by atomic mass is 10.1. The highest BCUT2D eigenvalue weighted by molar-refractivity contribution is 6.34. The number of hydrogen-bond donors (Lipinski definition) is 1. The second kappa shape index (κ2) is 7.79. The van der Waals surface area contributed by atoms with Gasteiger partial charge in [-0.2, -0.15) is 0 Å². The van der Waals surface area contributed by atoms with Crippen molar-refractivity contribution in [1.29, 1.82) is 0 Å². The predicted octanol–water partition coefficient (Wildman–Crippen LogP) is 3.54. The molecule has 2 rings (SSSR count). The monoisotopic (exact) mass is 348 g/mol. The van der Waals surface area contributed by atoms with Gasteiger partial charge in [0.25, 0.3) is 11.6 Å². The zero-order valence-electron chi connectivity index (χ0n) is 13.3. The number of carbonyl (C=O) groups is 1. The van der Waals surface area contributed by atoms with Crippen molar-refractivity contribution in [2.75, 3.05) is 13.7 Å².